The van der Waals surface area contributed by atoms with Gasteiger partial charge in [0.05, 0.1) is 25.4 Å². The first-order valence-electron chi connectivity index (χ1n) is 3.75. The Balaban J connectivity index is 2.03. The van der Waals surface area contributed by atoms with Gasteiger partial charge >= 0.3 is 0 Å². The van der Waals surface area contributed by atoms with Crippen molar-refractivity contribution in [3.05, 3.63) is 0 Å². The van der Waals surface area contributed by atoms with Crippen molar-refractivity contribution in [3.8, 4) is 0 Å². The molecular weight excluding hydrogens is 132 g/mol. The van der Waals surface area contributed by atoms with E-state index in [4.69, 9.17) is 9.47 Å². The first-order valence-corrected chi connectivity index (χ1v) is 3.75. The Morgan fingerprint density at radius 2 is 2.20 bits per heavy atom. The second-order valence-corrected chi connectivity index (χ2v) is 2.97. The van der Waals surface area contributed by atoms with Crippen LogP contribution in [0.1, 0.15) is 6.42 Å². The summed E-state index contributed by atoms with van der Waals surface area (Å²) in [5.41, 5.74) is 0. The van der Waals surface area contributed by atoms with Gasteiger partial charge in [0, 0.05) is 12.5 Å². The molecule has 3 atom stereocenters. The molecule has 0 spiro atoms. The lowest BCUT2D eigenvalue weighted by atomic mass is 9.95. The molecule has 0 radical (unpaired) electrons. The van der Waals surface area contributed by atoms with E-state index in [0.717, 1.165) is 6.42 Å². The summed E-state index contributed by atoms with van der Waals surface area (Å²) >= 11 is 0. The third-order valence-corrected chi connectivity index (χ3v) is 2.31. The van der Waals surface area contributed by atoms with Crippen molar-refractivity contribution in [1.82, 2.24) is 0 Å². The number of ether oxygens (including phenoxy) is 2. The molecule has 0 unspecified atom stereocenters. The molecule has 3 heteroatoms. The van der Waals surface area contributed by atoms with Crippen molar-refractivity contribution in [2.24, 2.45) is 5.92 Å². The van der Waals surface area contributed by atoms with Gasteiger partial charge in [-0.3, -0.25) is 0 Å². The highest BCUT2D eigenvalue weighted by molar-refractivity contribution is 4.84. The Morgan fingerprint density at radius 1 is 1.30 bits per heavy atom. The first-order chi connectivity index (χ1) is 4.88. The molecule has 2 fully saturated rings. The highest BCUT2D eigenvalue weighted by Crippen LogP contribution is 2.26. The Kier molecular flexibility index (Phi) is 1.64. The predicted molar refractivity (Wildman–Crippen MR) is 34.7 cm³/mol. The van der Waals surface area contributed by atoms with E-state index < -0.39 is 0 Å². The summed E-state index contributed by atoms with van der Waals surface area (Å²) in [6.45, 7) is 2.03. The lowest BCUT2D eigenvalue weighted by Gasteiger charge is -2.28. The maximum Gasteiger partial charge on any atom is 0.0883 e. The normalized spacial score (nSPS) is 47.1. The number of aliphatic hydroxyl groups excluding tert-OH is 1. The van der Waals surface area contributed by atoms with Gasteiger partial charge in [-0.15, -0.1) is 0 Å². The smallest absolute Gasteiger partial charge is 0.0883 e. The van der Waals surface area contributed by atoms with Gasteiger partial charge in [0.1, 0.15) is 0 Å². The molecular formula is C7H12O3. The van der Waals surface area contributed by atoms with Crippen molar-refractivity contribution in [2.75, 3.05) is 19.8 Å². The van der Waals surface area contributed by atoms with Crippen molar-refractivity contribution in [1.29, 1.82) is 0 Å². The van der Waals surface area contributed by atoms with Crippen LogP contribution < -0.4 is 0 Å². The fourth-order valence-corrected chi connectivity index (χ4v) is 1.64. The summed E-state index contributed by atoms with van der Waals surface area (Å²) < 4.78 is 10.6. The zero-order chi connectivity index (χ0) is 6.97. The Morgan fingerprint density at radius 3 is 3.00 bits per heavy atom. The van der Waals surface area contributed by atoms with E-state index in [1.807, 2.05) is 0 Å². The van der Waals surface area contributed by atoms with E-state index in [1.165, 1.54) is 0 Å². The zero-order valence-corrected chi connectivity index (χ0v) is 5.82. The van der Waals surface area contributed by atoms with Crippen LogP contribution in [0.15, 0.2) is 0 Å². The second-order valence-electron chi connectivity index (χ2n) is 2.97. The number of fused-ring (bicyclic) bond motifs is 1. The summed E-state index contributed by atoms with van der Waals surface area (Å²) in [6.07, 6.45) is 0.745. The van der Waals surface area contributed by atoms with Crippen molar-refractivity contribution in [3.63, 3.8) is 0 Å². The Labute approximate surface area is 59.9 Å². The van der Waals surface area contributed by atoms with Crippen LogP contribution in [-0.2, 0) is 9.47 Å². The lowest BCUT2D eigenvalue weighted by Crippen LogP contribution is -2.38. The van der Waals surface area contributed by atoms with E-state index in [9.17, 15) is 5.11 Å². The van der Waals surface area contributed by atoms with Gasteiger partial charge in [-0.2, -0.15) is 0 Å². The molecule has 0 aromatic heterocycles. The van der Waals surface area contributed by atoms with Crippen LogP contribution in [-0.4, -0.2) is 37.1 Å². The third-order valence-electron chi connectivity index (χ3n) is 2.31. The monoisotopic (exact) mass is 144 g/mol. The van der Waals surface area contributed by atoms with E-state index in [0.29, 0.717) is 19.8 Å². The van der Waals surface area contributed by atoms with Gasteiger partial charge in [-0.25, -0.2) is 0 Å². The van der Waals surface area contributed by atoms with Crippen LogP contribution in [0, 0.1) is 5.92 Å². The molecule has 2 saturated heterocycles. The van der Waals surface area contributed by atoms with Crippen LogP contribution in [0.3, 0.4) is 0 Å². The molecule has 0 bridgehead atoms. The lowest BCUT2D eigenvalue weighted by molar-refractivity contribution is -0.0685. The number of hydrogen-bond acceptors (Lipinski definition) is 3. The molecule has 0 aromatic carbocycles. The molecule has 3 nitrogen and oxygen atoms in total. The highest BCUT2D eigenvalue weighted by atomic mass is 16.5. The average molecular weight is 144 g/mol. The Bertz CT molecular complexity index is 126. The Hall–Kier alpha value is -0.120. The first kappa shape index (κ1) is 6.58. The van der Waals surface area contributed by atoms with Crippen molar-refractivity contribution >= 4 is 0 Å². The van der Waals surface area contributed by atoms with Gasteiger partial charge < -0.3 is 14.6 Å². The standard InChI is InChI=1S/C7H12O3/c8-6-1-2-10-7-4-9-3-5(6)7/h5-8H,1-4H2/t5-,6-,7-/m0/s1. The second kappa shape index (κ2) is 2.49. The number of rotatable bonds is 0. The molecule has 10 heavy (non-hydrogen) atoms. The number of aliphatic hydroxyl groups is 1. The van der Waals surface area contributed by atoms with Crippen LogP contribution in [0.5, 0.6) is 0 Å². The quantitative estimate of drug-likeness (QED) is 0.511. The summed E-state index contributed by atoms with van der Waals surface area (Å²) in [7, 11) is 0. The molecule has 0 saturated carbocycles. The highest BCUT2D eigenvalue weighted by Gasteiger charge is 2.37. The van der Waals surface area contributed by atoms with Crippen molar-refractivity contribution in [2.45, 2.75) is 18.6 Å². The van der Waals surface area contributed by atoms with E-state index in [1.54, 1.807) is 0 Å². The third kappa shape index (κ3) is 0.944. The maximum absolute atomic E-state index is 9.42. The molecule has 0 amide bonds. The fourth-order valence-electron chi connectivity index (χ4n) is 1.64. The summed E-state index contributed by atoms with van der Waals surface area (Å²) in [5, 5.41) is 9.42. The van der Waals surface area contributed by atoms with Gasteiger partial charge in [-0.05, 0) is 6.42 Å². The molecule has 58 valence electrons. The SMILES string of the molecule is O[C@H]1CCO[C@H]2COC[C@H]21. The van der Waals surface area contributed by atoms with E-state index in [-0.39, 0.29) is 18.1 Å². The van der Waals surface area contributed by atoms with Gasteiger partial charge in [0.2, 0.25) is 0 Å². The average Bonchev–Trinajstić information content (AvgIpc) is 2.36. The van der Waals surface area contributed by atoms with Crippen LogP contribution in [0.4, 0.5) is 0 Å². The minimum Gasteiger partial charge on any atom is -0.393 e. The van der Waals surface area contributed by atoms with Crippen LogP contribution in [0.25, 0.3) is 0 Å². The molecule has 0 aromatic rings. The topological polar surface area (TPSA) is 38.7 Å². The summed E-state index contributed by atoms with van der Waals surface area (Å²) in [5.74, 6) is 0.244. The number of hydrogen-bond donors (Lipinski definition) is 1. The zero-order valence-electron chi connectivity index (χ0n) is 5.82. The molecule has 2 heterocycles. The van der Waals surface area contributed by atoms with Gasteiger partial charge in [0.25, 0.3) is 0 Å². The summed E-state index contributed by atoms with van der Waals surface area (Å²) in [4.78, 5) is 0. The van der Waals surface area contributed by atoms with Crippen LogP contribution in [0.2, 0.25) is 0 Å². The van der Waals surface area contributed by atoms with Gasteiger partial charge in [-0.1, -0.05) is 0 Å². The largest absolute Gasteiger partial charge is 0.393 e. The molecule has 2 aliphatic rings. The maximum atomic E-state index is 9.42. The minimum absolute atomic E-state index is 0.170. The van der Waals surface area contributed by atoms with E-state index >= 15 is 0 Å². The predicted octanol–water partition coefficient (Wildman–Crippen LogP) is -0.217. The van der Waals surface area contributed by atoms with Crippen molar-refractivity contribution < 1.29 is 14.6 Å². The molecule has 0 aliphatic carbocycles. The van der Waals surface area contributed by atoms with E-state index in [2.05, 4.69) is 0 Å². The minimum atomic E-state index is -0.193. The molecule has 1 N–H and O–H groups in total. The molecule has 2 aliphatic heterocycles. The summed E-state index contributed by atoms with van der Waals surface area (Å²) in [6, 6.07) is 0. The van der Waals surface area contributed by atoms with Crippen LogP contribution >= 0.6 is 0 Å². The fraction of sp³-hybridized carbons (Fsp3) is 1.00. The molecule has 2 rings (SSSR count). The van der Waals surface area contributed by atoms with Gasteiger partial charge in [0.15, 0.2) is 0 Å².